The summed E-state index contributed by atoms with van der Waals surface area (Å²) < 4.78 is 4.97. The number of carbonyl (C=O) groups excluding carboxylic acids is 1. The summed E-state index contributed by atoms with van der Waals surface area (Å²) >= 11 is 0. The van der Waals surface area contributed by atoms with Gasteiger partial charge in [0.15, 0.2) is 0 Å². The summed E-state index contributed by atoms with van der Waals surface area (Å²) in [7, 11) is 0. The molecule has 0 radical (unpaired) electrons. The average Bonchev–Trinajstić information content (AvgIpc) is 2.29. The first-order chi connectivity index (χ1) is 7.88. The molecule has 0 amide bonds. The van der Waals surface area contributed by atoms with Crippen LogP contribution in [0.4, 0.5) is 0 Å². The van der Waals surface area contributed by atoms with Crippen LogP contribution in [0.1, 0.15) is 13.8 Å². The van der Waals surface area contributed by atoms with Crippen molar-refractivity contribution in [3.63, 3.8) is 0 Å². The zero-order valence-corrected chi connectivity index (χ0v) is 9.78. The average molecular weight is 246 g/mol. The molecule has 0 saturated carbocycles. The molecule has 0 aromatic rings. The number of hydrogen-bond acceptors (Lipinski definition) is 6. The lowest BCUT2D eigenvalue weighted by atomic mass is 9.90. The van der Waals surface area contributed by atoms with Gasteiger partial charge in [-0.15, -0.1) is 0 Å². The minimum atomic E-state index is -1.48. The van der Waals surface area contributed by atoms with Crippen LogP contribution in [0.25, 0.3) is 0 Å². The van der Waals surface area contributed by atoms with Crippen molar-refractivity contribution >= 4 is 5.97 Å². The zero-order valence-electron chi connectivity index (χ0n) is 9.78. The van der Waals surface area contributed by atoms with Crippen LogP contribution < -0.4 is 0 Å². The van der Waals surface area contributed by atoms with Crippen molar-refractivity contribution in [1.29, 1.82) is 0 Å². The molecule has 0 aromatic carbocycles. The molecule has 4 atom stereocenters. The number of aliphatic hydroxyl groups is 4. The van der Waals surface area contributed by atoms with Crippen molar-refractivity contribution in [3.05, 3.63) is 11.6 Å². The van der Waals surface area contributed by atoms with Gasteiger partial charge in [-0.1, -0.05) is 13.8 Å². The van der Waals surface area contributed by atoms with Gasteiger partial charge in [-0.25, -0.2) is 0 Å². The van der Waals surface area contributed by atoms with Gasteiger partial charge in [0, 0.05) is 0 Å². The van der Waals surface area contributed by atoms with Crippen molar-refractivity contribution in [1.82, 2.24) is 0 Å². The molecule has 0 fully saturated rings. The second-order valence-electron chi connectivity index (χ2n) is 4.38. The Kier molecular flexibility index (Phi) is 4.64. The summed E-state index contributed by atoms with van der Waals surface area (Å²) in [5.41, 5.74) is 0.129. The van der Waals surface area contributed by atoms with E-state index in [0.717, 1.165) is 0 Å². The second-order valence-corrected chi connectivity index (χ2v) is 4.38. The number of ether oxygens (including phenoxy) is 1. The van der Waals surface area contributed by atoms with Crippen molar-refractivity contribution in [2.75, 3.05) is 6.61 Å². The minimum Gasteiger partial charge on any atom is -0.455 e. The third-order valence-corrected chi connectivity index (χ3v) is 2.67. The van der Waals surface area contributed by atoms with Gasteiger partial charge in [0.1, 0.15) is 24.4 Å². The lowest BCUT2D eigenvalue weighted by Crippen LogP contribution is -2.50. The third kappa shape index (κ3) is 3.04. The molecule has 98 valence electrons. The van der Waals surface area contributed by atoms with Crippen LogP contribution in [0.2, 0.25) is 0 Å². The SMILES string of the molecule is CC(C)C(=O)OC1C=C(CO)C(O)C(O)C1O. The molecule has 0 heterocycles. The van der Waals surface area contributed by atoms with Gasteiger partial charge >= 0.3 is 5.97 Å². The maximum Gasteiger partial charge on any atom is 0.309 e. The van der Waals surface area contributed by atoms with Gasteiger partial charge in [0.2, 0.25) is 0 Å². The van der Waals surface area contributed by atoms with Crippen molar-refractivity contribution in [2.24, 2.45) is 5.92 Å². The van der Waals surface area contributed by atoms with Crippen molar-refractivity contribution in [3.8, 4) is 0 Å². The Bertz CT molecular complexity index is 311. The molecule has 1 aliphatic carbocycles. The summed E-state index contributed by atoms with van der Waals surface area (Å²) in [6.45, 7) is 2.81. The first kappa shape index (κ1) is 14.1. The van der Waals surface area contributed by atoms with Crippen LogP contribution in [0.15, 0.2) is 11.6 Å². The van der Waals surface area contributed by atoms with Crippen LogP contribution in [-0.4, -0.2) is 57.4 Å². The standard InChI is InChI=1S/C11H18O6/c1-5(2)11(16)17-7-3-6(4-12)8(13)10(15)9(7)14/h3,5,7-10,12-15H,4H2,1-2H3. The molecule has 0 aromatic heterocycles. The summed E-state index contributed by atoms with van der Waals surface area (Å²) in [6.07, 6.45) is -4.01. The van der Waals surface area contributed by atoms with Crippen LogP contribution in [0.3, 0.4) is 0 Å². The van der Waals surface area contributed by atoms with Gasteiger partial charge in [0.25, 0.3) is 0 Å². The normalized spacial score (nSPS) is 33.5. The fourth-order valence-corrected chi connectivity index (χ4v) is 1.53. The van der Waals surface area contributed by atoms with Crippen molar-refractivity contribution < 1.29 is 30.0 Å². The predicted molar refractivity (Wildman–Crippen MR) is 57.9 cm³/mol. The minimum absolute atomic E-state index is 0.129. The van der Waals surface area contributed by atoms with E-state index in [1.54, 1.807) is 13.8 Å². The highest BCUT2D eigenvalue weighted by atomic mass is 16.6. The molecule has 0 aliphatic heterocycles. The smallest absolute Gasteiger partial charge is 0.309 e. The molecule has 0 bridgehead atoms. The third-order valence-electron chi connectivity index (χ3n) is 2.67. The Morgan fingerprint density at radius 2 is 1.94 bits per heavy atom. The van der Waals surface area contributed by atoms with Gasteiger partial charge < -0.3 is 25.2 Å². The van der Waals surface area contributed by atoms with Crippen LogP contribution in [0.5, 0.6) is 0 Å². The summed E-state index contributed by atoms with van der Waals surface area (Å²) in [5, 5.41) is 37.6. The van der Waals surface area contributed by atoms with Gasteiger partial charge in [0.05, 0.1) is 12.5 Å². The van der Waals surface area contributed by atoms with Gasteiger partial charge in [-0.3, -0.25) is 4.79 Å². The van der Waals surface area contributed by atoms with E-state index in [9.17, 15) is 20.1 Å². The number of rotatable bonds is 3. The number of hydrogen-bond donors (Lipinski definition) is 4. The Labute approximate surface area is 99.1 Å². The lowest BCUT2D eigenvalue weighted by molar-refractivity contribution is -0.164. The van der Waals surface area contributed by atoms with E-state index in [2.05, 4.69) is 0 Å². The summed E-state index contributed by atoms with van der Waals surface area (Å²) in [6, 6.07) is 0. The van der Waals surface area contributed by atoms with E-state index in [-0.39, 0.29) is 11.5 Å². The zero-order chi connectivity index (χ0) is 13.2. The Balaban J connectivity index is 2.84. The molecule has 1 rings (SSSR count). The molecular weight excluding hydrogens is 228 g/mol. The highest BCUT2D eigenvalue weighted by molar-refractivity contribution is 5.72. The molecule has 0 saturated heterocycles. The first-order valence-corrected chi connectivity index (χ1v) is 5.44. The van der Waals surface area contributed by atoms with E-state index >= 15 is 0 Å². The quantitative estimate of drug-likeness (QED) is 0.359. The monoisotopic (exact) mass is 246 g/mol. The molecular formula is C11H18O6. The first-order valence-electron chi connectivity index (χ1n) is 5.44. The van der Waals surface area contributed by atoms with Gasteiger partial charge in [-0.2, -0.15) is 0 Å². The molecule has 6 heteroatoms. The van der Waals surface area contributed by atoms with E-state index in [1.807, 2.05) is 0 Å². The molecule has 0 spiro atoms. The van der Waals surface area contributed by atoms with Crippen molar-refractivity contribution in [2.45, 2.75) is 38.3 Å². The Morgan fingerprint density at radius 1 is 1.35 bits per heavy atom. The maximum absolute atomic E-state index is 11.4. The van der Waals surface area contributed by atoms with E-state index in [4.69, 9.17) is 9.84 Å². The second kappa shape index (κ2) is 5.59. The molecule has 4 N–H and O–H groups in total. The molecule has 6 nitrogen and oxygen atoms in total. The number of carbonyl (C=O) groups is 1. The van der Waals surface area contributed by atoms with E-state index < -0.39 is 37.0 Å². The Hall–Kier alpha value is -0.950. The van der Waals surface area contributed by atoms with Crippen LogP contribution in [-0.2, 0) is 9.53 Å². The van der Waals surface area contributed by atoms with E-state index in [0.29, 0.717) is 0 Å². The highest BCUT2D eigenvalue weighted by Crippen LogP contribution is 2.22. The number of aliphatic hydroxyl groups excluding tert-OH is 4. The van der Waals surface area contributed by atoms with Crippen LogP contribution in [0, 0.1) is 5.92 Å². The predicted octanol–water partition coefficient (Wildman–Crippen LogP) is -1.43. The molecule has 1 aliphatic rings. The fourth-order valence-electron chi connectivity index (χ4n) is 1.53. The summed E-state index contributed by atoms with van der Waals surface area (Å²) in [4.78, 5) is 11.4. The largest absolute Gasteiger partial charge is 0.455 e. The number of esters is 1. The fraction of sp³-hybridized carbons (Fsp3) is 0.727. The summed E-state index contributed by atoms with van der Waals surface area (Å²) in [5.74, 6) is -0.886. The van der Waals surface area contributed by atoms with Gasteiger partial charge in [-0.05, 0) is 11.6 Å². The topological polar surface area (TPSA) is 107 Å². The molecule has 17 heavy (non-hydrogen) atoms. The molecule has 4 unspecified atom stereocenters. The lowest BCUT2D eigenvalue weighted by Gasteiger charge is -2.33. The Morgan fingerprint density at radius 3 is 2.41 bits per heavy atom. The van der Waals surface area contributed by atoms with E-state index in [1.165, 1.54) is 6.08 Å². The van der Waals surface area contributed by atoms with Crippen LogP contribution >= 0.6 is 0 Å². The maximum atomic E-state index is 11.4. The highest BCUT2D eigenvalue weighted by Gasteiger charge is 2.39.